The largest absolute Gasteiger partial charge is 0.451 e. The van der Waals surface area contributed by atoms with Crippen molar-refractivity contribution in [2.75, 3.05) is 13.1 Å². The van der Waals surface area contributed by atoms with Gasteiger partial charge in [-0.05, 0) is 32.6 Å². The number of Topliss-reactive ketones (excluding diaryl/α,β-unsaturated/α-hetero) is 1. The fourth-order valence-electron chi connectivity index (χ4n) is 2.74. The molecule has 1 aliphatic rings. The number of hydrogen-bond donors (Lipinski definition) is 3. The first-order valence-electron chi connectivity index (χ1n) is 8.48. The minimum absolute atomic E-state index is 0.180. The monoisotopic (exact) mass is 360 g/mol. The first-order valence-corrected chi connectivity index (χ1v) is 8.48. The van der Waals surface area contributed by atoms with Gasteiger partial charge in [0.05, 0.1) is 6.10 Å². The Bertz CT molecular complexity index is 654. The molecular formula is C14H23B3N4O5. The maximum absolute atomic E-state index is 11.5. The van der Waals surface area contributed by atoms with Crippen LogP contribution in [0.5, 0.6) is 0 Å². The number of aromatic nitrogens is 1. The van der Waals surface area contributed by atoms with Crippen LogP contribution < -0.4 is 0 Å². The minimum Gasteiger partial charge on any atom is -0.432 e. The Morgan fingerprint density at radius 3 is 2.23 bits per heavy atom. The molecule has 0 aromatic carbocycles. The van der Waals surface area contributed by atoms with Gasteiger partial charge in [0.2, 0.25) is 0 Å². The maximum atomic E-state index is 11.5. The quantitative estimate of drug-likeness (QED) is 0.464. The van der Waals surface area contributed by atoms with Gasteiger partial charge >= 0.3 is 21.2 Å². The highest BCUT2D eigenvalue weighted by molar-refractivity contribution is 6.54. The lowest BCUT2D eigenvalue weighted by molar-refractivity contribution is 0.101. The summed E-state index contributed by atoms with van der Waals surface area (Å²) in [5.41, 5.74) is 0.283. The Morgan fingerprint density at radius 2 is 1.77 bits per heavy atom. The SMILES string of the molecule is CB(O)OC1CN(B(C)O)C(=Nc2cccc(C(C)=O)n2)N(B(C)O)C1. The average molecular weight is 360 g/mol. The molecule has 2 heterocycles. The lowest BCUT2D eigenvalue weighted by atomic mass is 9.79. The van der Waals surface area contributed by atoms with Gasteiger partial charge in [-0.15, -0.1) is 0 Å². The molecule has 0 spiro atoms. The van der Waals surface area contributed by atoms with Gasteiger partial charge in [-0.2, -0.15) is 4.99 Å². The molecule has 0 amide bonds. The van der Waals surface area contributed by atoms with Crippen LogP contribution in [0, 0.1) is 0 Å². The van der Waals surface area contributed by atoms with Crippen LogP contribution in [0.25, 0.3) is 0 Å². The standard InChI is InChI=1S/C14H23B3N4O5/c1-10(22)12-6-5-7-13(18-12)19-14-20(15(2)23)8-11(26-17(4)25)9-21(14)16(3)24/h5-7,11,23-25H,8-9H2,1-4H3. The van der Waals surface area contributed by atoms with Gasteiger partial charge in [0.15, 0.2) is 17.6 Å². The predicted octanol–water partition coefficient (Wildman–Crippen LogP) is -0.395. The molecule has 0 radical (unpaired) electrons. The summed E-state index contributed by atoms with van der Waals surface area (Å²) in [6.07, 6.45) is -0.435. The second kappa shape index (κ2) is 8.67. The van der Waals surface area contributed by atoms with Crippen molar-refractivity contribution < 1.29 is 24.5 Å². The summed E-state index contributed by atoms with van der Waals surface area (Å²) in [4.78, 5) is 23.3. The van der Waals surface area contributed by atoms with Gasteiger partial charge in [0.25, 0.3) is 0 Å². The number of nitrogens with zero attached hydrogens (tertiary/aromatic N) is 4. The normalized spacial score (nSPS) is 17.2. The van der Waals surface area contributed by atoms with Crippen LogP contribution >= 0.6 is 0 Å². The van der Waals surface area contributed by atoms with Crippen LogP contribution in [0.1, 0.15) is 17.4 Å². The molecule has 1 aromatic rings. The lowest BCUT2D eigenvalue weighted by Gasteiger charge is -2.44. The van der Waals surface area contributed by atoms with E-state index in [2.05, 4.69) is 9.98 Å². The van der Waals surface area contributed by atoms with Crippen LogP contribution in [-0.4, -0.2) is 81.8 Å². The zero-order valence-electron chi connectivity index (χ0n) is 15.4. The molecule has 1 fully saturated rings. The number of pyridine rings is 1. The first kappa shape index (κ1) is 20.4. The first-order chi connectivity index (χ1) is 12.2. The lowest BCUT2D eigenvalue weighted by Crippen LogP contribution is -2.64. The van der Waals surface area contributed by atoms with E-state index in [-0.39, 0.29) is 24.6 Å². The highest BCUT2D eigenvalue weighted by Gasteiger charge is 2.38. The van der Waals surface area contributed by atoms with E-state index in [4.69, 9.17) is 4.65 Å². The Morgan fingerprint density at radius 1 is 1.19 bits per heavy atom. The van der Waals surface area contributed by atoms with Crippen molar-refractivity contribution in [1.82, 2.24) is 14.6 Å². The van der Waals surface area contributed by atoms with Gasteiger partial charge in [-0.3, -0.25) is 4.79 Å². The van der Waals surface area contributed by atoms with E-state index in [1.165, 1.54) is 13.7 Å². The molecule has 138 valence electrons. The van der Waals surface area contributed by atoms with Gasteiger partial charge in [-0.25, -0.2) is 4.98 Å². The van der Waals surface area contributed by atoms with Crippen molar-refractivity contribution in [3.05, 3.63) is 23.9 Å². The van der Waals surface area contributed by atoms with E-state index in [9.17, 15) is 19.9 Å². The summed E-state index contributed by atoms with van der Waals surface area (Å²) in [5, 5.41) is 29.8. The molecule has 0 unspecified atom stereocenters. The van der Waals surface area contributed by atoms with Crippen molar-refractivity contribution in [3.63, 3.8) is 0 Å². The summed E-state index contributed by atoms with van der Waals surface area (Å²) < 4.78 is 5.44. The third-order valence-corrected chi connectivity index (χ3v) is 3.92. The number of carbonyl (C=O) groups excluding carboxylic acids is 1. The number of hydrogen-bond acceptors (Lipinski definition) is 7. The van der Waals surface area contributed by atoms with Crippen molar-refractivity contribution in [3.8, 4) is 0 Å². The van der Waals surface area contributed by atoms with E-state index in [0.717, 1.165) is 0 Å². The Labute approximate surface area is 154 Å². The third-order valence-electron chi connectivity index (χ3n) is 3.92. The van der Waals surface area contributed by atoms with Crippen molar-refractivity contribution in [2.45, 2.75) is 33.5 Å². The Kier molecular flexibility index (Phi) is 6.82. The van der Waals surface area contributed by atoms with Crippen LogP contribution in [0.4, 0.5) is 5.82 Å². The summed E-state index contributed by atoms with van der Waals surface area (Å²) in [6, 6.07) is 4.90. The molecule has 0 aliphatic carbocycles. The second-order valence-electron chi connectivity index (χ2n) is 6.27. The third kappa shape index (κ3) is 5.07. The molecule has 0 bridgehead atoms. The minimum atomic E-state index is -0.973. The summed E-state index contributed by atoms with van der Waals surface area (Å²) in [7, 11) is -2.79. The number of aliphatic imine (C=N–C) groups is 1. The van der Waals surface area contributed by atoms with Gasteiger partial charge in [0, 0.05) is 20.0 Å². The smallest absolute Gasteiger partial charge is 0.432 e. The number of ketones is 1. The molecule has 2 rings (SSSR count). The summed E-state index contributed by atoms with van der Waals surface area (Å²) in [5.74, 6) is 0.424. The molecule has 3 N–H and O–H groups in total. The maximum Gasteiger partial charge on any atom is 0.451 e. The average Bonchev–Trinajstić information content (AvgIpc) is 2.55. The summed E-state index contributed by atoms with van der Waals surface area (Å²) >= 11 is 0. The van der Waals surface area contributed by atoms with E-state index < -0.39 is 27.3 Å². The number of carbonyl (C=O) groups is 1. The molecule has 0 saturated carbocycles. The van der Waals surface area contributed by atoms with Crippen LogP contribution in [0.15, 0.2) is 23.2 Å². The topological polar surface area (TPSA) is 119 Å². The molecule has 1 aliphatic heterocycles. The fourth-order valence-corrected chi connectivity index (χ4v) is 2.74. The van der Waals surface area contributed by atoms with Crippen molar-refractivity contribution in [1.29, 1.82) is 0 Å². The van der Waals surface area contributed by atoms with Crippen molar-refractivity contribution in [2.24, 2.45) is 4.99 Å². The fraction of sp³-hybridized carbons (Fsp3) is 0.500. The molecular weight excluding hydrogens is 337 g/mol. The predicted molar refractivity (Wildman–Crippen MR) is 101 cm³/mol. The van der Waals surface area contributed by atoms with Gasteiger partial charge in [0.1, 0.15) is 5.69 Å². The second-order valence-corrected chi connectivity index (χ2v) is 6.27. The van der Waals surface area contributed by atoms with Crippen LogP contribution in [0.2, 0.25) is 20.5 Å². The van der Waals surface area contributed by atoms with E-state index in [0.29, 0.717) is 11.8 Å². The number of rotatable bonds is 6. The molecule has 1 aromatic heterocycles. The molecule has 9 nitrogen and oxygen atoms in total. The van der Waals surface area contributed by atoms with E-state index in [1.54, 1.807) is 41.5 Å². The highest BCUT2D eigenvalue weighted by atomic mass is 16.5. The zero-order valence-corrected chi connectivity index (χ0v) is 15.4. The van der Waals surface area contributed by atoms with E-state index in [1.807, 2.05) is 0 Å². The van der Waals surface area contributed by atoms with Gasteiger partial charge in [-0.1, -0.05) is 6.07 Å². The molecule has 26 heavy (non-hydrogen) atoms. The van der Waals surface area contributed by atoms with Gasteiger partial charge < -0.3 is 29.3 Å². The van der Waals surface area contributed by atoms with Crippen LogP contribution in [-0.2, 0) is 4.65 Å². The molecule has 1 saturated heterocycles. The summed E-state index contributed by atoms with van der Waals surface area (Å²) in [6.45, 7) is 6.61. The van der Waals surface area contributed by atoms with Crippen LogP contribution in [0.3, 0.4) is 0 Å². The molecule has 12 heteroatoms. The highest BCUT2D eigenvalue weighted by Crippen LogP contribution is 2.19. The van der Waals surface area contributed by atoms with Crippen molar-refractivity contribution >= 4 is 38.8 Å². The molecule has 0 atom stereocenters. The Balaban J connectivity index is 2.41. The zero-order chi connectivity index (χ0) is 19.4. The van der Waals surface area contributed by atoms with E-state index >= 15 is 0 Å². The number of guanidine groups is 1. The Hall–Kier alpha value is -1.88.